The van der Waals surface area contributed by atoms with Gasteiger partial charge in [0.2, 0.25) is 0 Å². The first-order chi connectivity index (χ1) is 8.56. The second kappa shape index (κ2) is 5.95. The van der Waals surface area contributed by atoms with E-state index in [4.69, 9.17) is 22.1 Å². The average Bonchev–Trinajstić information content (AvgIpc) is 2.32. The van der Waals surface area contributed by atoms with Crippen LogP contribution < -0.4 is 10.5 Å². The van der Waals surface area contributed by atoms with E-state index in [2.05, 4.69) is 31.9 Å². The number of hydrogen-bond acceptors (Lipinski definition) is 2. The Morgan fingerprint density at radius 3 is 2.61 bits per heavy atom. The standard InChI is InChI=1S/C13H10Br2ClNO/c14-9-2-1-8(12(16)5-9)7-18-13-6-10(17)3-4-11(13)15/h1-6H,7,17H2. The summed E-state index contributed by atoms with van der Waals surface area (Å²) in [5.74, 6) is 0.703. The number of benzene rings is 2. The predicted molar refractivity (Wildman–Crippen MR) is 82.0 cm³/mol. The first-order valence-corrected chi connectivity index (χ1v) is 7.14. The van der Waals surface area contributed by atoms with Crippen molar-refractivity contribution in [3.63, 3.8) is 0 Å². The summed E-state index contributed by atoms with van der Waals surface area (Å²) in [6.07, 6.45) is 0. The molecule has 0 aliphatic carbocycles. The Hall–Kier alpha value is -0.710. The van der Waals surface area contributed by atoms with Crippen LogP contribution >= 0.6 is 43.5 Å². The second-order valence-corrected chi connectivity index (χ2v) is 5.89. The van der Waals surface area contributed by atoms with E-state index < -0.39 is 0 Å². The zero-order valence-electron chi connectivity index (χ0n) is 9.29. The van der Waals surface area contributed by atoms with Crippen LogP contribution in [0.3, 0.4) is 0 Å². The zero-order valence-corrected chi connectivity index (χ0v) is 13.2. The Balaban J connectivity index is 2.13. The highest BCUT2D eigenvalue weighted by atomic mass is 79.9. The minimum atomic E-state index is 0.397. The van der Waals surface area contributed by atoms with Crippen LogP contribution in [0.5, 0.6) is 5.75 Å². The molecule has 94 valence electrons. The number of nitrogen functional groups attached to an aromatic ring is 1. The van der Waals surface area contributed by atoms with Crippen LogP contribution in [0, 0.1) is 0 Å². The molecule has 0 unspecified atom stereocenters. The Labute approximate surface area is 127 Å². The fourth-order valence-corrected chi connectivity index (χ4v) is 2.51. The molecule has 0 aromatic heterocycles. The molecule has 2 rings (SSSR count). The smallest absolute Gasteiger partial charge is 0.136 e. The fraction of sp³-hybridized carbons (Fsp3) is 0.0769. The highest BCUT2D eigenvalue weighted by Crippen LogP contribution is 2.29. The van der Waals surface area contributed by atoms with Crippen molar-refractivity contribution < 1.29 is 4.74 Å². The molecule has 18 heavy (non-hydrogen) atoms. The maximum absolute atomic E-state index is 6.12. The van der Waals surface area contributed by atoms with Crippen LogP contribution in [0.4, 0.5) is 5.69 Å². The Kier molecular flexibility index (Phi) is 4.54. The minimum absolute atomic E-state index is 0.397. The summed E-state index contributed by atoms with van der Waals surface area (Å²) in [4.78, 5) is 0. The van der Waals surface area contributed by atoms with E-state index in [-0.39, 0.29) is 0 Å². The van der Waals surface area contributed by atoms with Crippen molar-refractivity contribution >= 4 is 49.1 Å². The third kappa shape index (κ3) is 3.40. The normalized spacial score (nSPS) is 10.4. The van der Waals surface area contributed by atoms with E-state index in [0.717, 1.165) is 14.5 Å². The van der Waals surface area contributed by atoms with Crippen molar-refractivity contribution in [2.45, 2.75) is 6.61 Å². The van der Waals surface area contributed by atoms with Gasteiger partial charge in [0, 0.05) is 26.8 Å². The molecule has 0 saturated heterocycles. The molecule has 2 aromatic rings. The molecule has 0 aliphatic heterocycles. The number of rotatable bonds is 3. The molecule has 0 amide bonds. The van der Waals surface area contributed by atoms with Crippen LogP contribution in [-0.2, 0) is 6.61 Å². The lowest BCUT2D eigenvalue weighted by atomic mass is 10.2. The quantitative estimate of drug-likeness (QED) is 0.745. The summed E-state index contributed by atoms with van der Waals surface area (Å²) in [7, 11) is 0. The summed E-state index contributed by atoms with van der Waals surface area (Å²) >= 11 is 12.9. The first-order valence-electron chi connectivity index (χ1n) is 5.18. The van der Waals surface area contributed by atoms with Gasteiger partial charge in [-0.1, -0.05) is 33.6 Å². The molecule has 2 aromatic carbocycles. The summed E-state index contributed by atoms with van der Waals surface area (Å²) in [5, 5.41) is 0.671. The van der Waals surface area contributed by atoms with Gasteiger partial charge in [-0.3, -0.25) is 0 Å². The Morgan fingerprint density at radius 2 is 1.89 bits per heavy atom. The van der Waals surface area contributed by atoms with Crippen molar-refractivity contribution in [3.8, 4) is 5.75 Å². The molecular weight excluding hydrogens is 381 g/mol. The van der Waals surface area contributed by atoms with Gasteiger partial charge in [-0.25, -0.2) is 0 Å². The molecule has 0 radical (unpaired) electrons. The van der Waals surface area contributed by atoms with Gasteiger partial charge < -0.3 is 10.5 Å². The molecule has 0 fully saturated rings. The van der Waals surface area contributed by atoms with Crippen LogP contribution in [0.25, 0.3) is 0 Å². The molecule has 0 spiro atoms. The van der Waals surface area contributed by atoms with Crippen LogP contribution in [0.15, 0.2) is 45.3 Å². The molecule has 0 heterocycles. The van der Waals surface area contributed by atoms with E-state index >= 15 is 0 Å². The van der Waals surface area contributed by atoms with Gasteiger partial charge in [0.15, 0.2) is 0 Å². The SMILES string of the molecule is Nc1ccc(Br)c(OCc2ccc(Br)cc2Cl)c1. The van der Waals surface area contributed by atoms with Gasteiger partial charge in [0.1, 0.15) is 12.4 Å². The topological polar surface area (TPSA) is 35.2 Å². The van der Waals surface area contributed by atoms with Crippen molar-refractivity contribution in [2.24, 2.45) is 0 Å². The average molecular weight is 391 g/mol. The molecule has 0 bridgehead atoms. The van der Waals surface area contributed by atoms with Gasteiger partial charge in [-0.2, -0.15) is 0 Å². The molecule has 5 heteroatoms. The minimum Gasteiger partial charge on any atom is -0.488 e. The Bertz CT molecular complexity index is 575. The molecule has 0 saturated carbocycles. The summed E-state index contributed by atoms with van der Waals surface area (Å²) in [5.41, 5.74) is 7.30. The van der Waals surface area contributed by atoms with Crippen LogP contribution in [-0.4, -0.2) is 0 Å². The zero-order chi connectivity index (χ0) is 13.1. The number of hydrogen-bond donors (Lipinski definition) is 1. The molecule has 0 atom stereocenters. The molecular formula is C13H10Br2ClNO. The third-order valence-corrected chi connectivity index (χ3v) is 3.85. The van der Waals surface area contributed by atoms with E-state index in [0.29, 0.717) is 23.1 Å². The maximum atomic E-state index is 6.12. The third-order valence-electron chi connectivity index (χ3n) is 2.35. The van der Waals surface area contributed by atoms with Crippen molar-refractivity contribution in [2.75, 3.05) is 5.73 Å². The lowest BCUT2D eigenvalue weighted by Gasteiger charge is -2.10. The van der Waals surface area contributed by atoms with E-state index in [9.17, 15) is 0 Å². The number of ether oxygens (including phenoxy) is 1. The highest BCUT2D eigenvalue weighted by molar-refractivity contribution is 9.10. The summed E-state index contributed by atoms with van der Waals surface area (Å²) in [6.45, 7) is 0.397. The van der Waals surface area contributed by atoms with Crippen LogP contribution in [0.1, 0.15) is 5.56 Å². The monoisotopic (exact) mass is 389 g/mol. The van der Waals surface area contributed by atoms with E-state index in [1.54, 1.807) is 6.07 Å². The van der Waals surface area contributed by atoms with Crippen molar-refractivity contribution in [3.05, 3.63) is 55.9 Å². The molecule has 0 aliphatic rings. The Morgan fingerprint density at radius 1 is 1.11 bits per heavy atom. The number of nitrogens with two attached hydrogens (primary N) is 1. The van der Waals surface area contributed by atoms with Gasteiger partial charge in [-0.05, 0) is 40.2 Å². The maximum Gasteiger partial charge on any atom is 0.136 e. The summed E-state index contributed by atoms with van der Waals surface area (Å²) in [6, 6.07) is 11.1. The second-order valence-electron chi connectivity index (χ2n) is 3.71. The van der Waals surface area contributed by atoms with Gasteiger partial charge in [0.05, 0.1) is 4.47 Å². The number of anilines is 1. The van der Waals surface area contributed by atoms with Crippen LogP contribution in [0.2, 0.25) is 5.02 Å². The first kappa shape index (κ1) is 13.7. The van der Waals surface area contributed by atoms with E-state index in [1.165, 1.54) is 0 Å². The van der Waals surface area contributed by atoms with Gasteiger partial charge in [-0.15, -0.1) is 0 Å². The summed E-state index contributed by atoms with van der Waals surface area (Å²) < 4.78 is 7.51. The predicted octanol–water partition coefficient (Wildman–Crippen LogP) is 5.03. The lowest BCUT2D eigenvalue weighted by molar-refractivity contribution is 0.304. The van der Waals surface area contributed by atoms with Crippen molar-refractivity contribution in [1.29, 1.82) is 0 Å². The highest BCUT2D eigenvalue weighted by Gasteiger charge is 2.05. The number of halogens is 3. The van der Waals surface area contributed by atoms with Crippen molar-refractivity contribution in [1.82, 2.24) is 0 Å². The largest absolute Gasteiger partial charge is 0.488 e. The van der Waals surface area contributed by atoms with E-state index in [1.807, 2.05) is 30.3 Å². The molecule has 2 nitrogen and oxygen atoms in total. The van der Waals surface area contributed by atoms with Gasteiger partial charge >= 0.3 is 0 Å². The molecule has 2 N–H and O–H groups in total. The lowest BCUT2D eigenvalue weighted by Crippen LogP contribution is -1.98. The fourth-order valence-electron chi connectivity index (χ4n) is 1.42. The van der Waals surface area contributed by atoms with Gasteiger partial charge in [0.25, 0.3) is 0 Å².